The van der Waals surface area contributed by atoms with Crippen molar-refractivity contribution in [3.05, 3.63) is 17.5 Å². The minimum atomic E-state index is 0.302. The van der Waals surface area contributed by atoms with E-state index in [9.17, 15) is 0 Å². The Morgan fingerprint density at radius 1 is 1.05 bits per heavy atom. The molecule has 0 saturated carbocycles. The number of rotatable bonds is 5. The highest BCUT2D eigenvalue weighted by Gasteiger charge is 2.18. The van der Waals surface area contributed by atoms with Crippen molar-refractivity contribution in [2.24, 2.45) is 0 Å². The number of aliphatic hydroxyl groups excluding tert-OH is 1. The predicted octanol–water partition coefficient (Wildman–Crippen LogP) is 0.988. The lowest BCUT2D eigenvalue weighted by Gasteiger charge is -2.34. The Bertz CT molecular complexity index is 382. The molecule has 0 amide bonds. The van der Waals surface area contributed by atoms with Gasteiger partial charge in [-0.2, -0.15) is 0 Å². The van der Waals surface area contributed by atoms with Gasteiger partial charge in [-0.05, 0) is 39.3 Å². The van der Waals surface area contributed by atoms with Gasteiger partial charge in [-0.15, -0.1) is 0 Å². The SMILES string of the molecule is Cc1cc(C)nc(N2CCN(CCCCO)CC2)n1. The topological polar surface area (TPSA) is 52.5 Å². The molecule has 1 aliphatic rings. The number of unbranched alkanes of at least 4 members (excludes halogenated alkanes) is 1. The number of anilines is 1. The van der Waals surface area contributed by atoms with E-state index in [1.165, 1.54) is 0 Å². The van der Waals surface area contributed by atoms with Gasteiger partial charge in [-0.3, -0.25) is 4.90 Å². The van der Waals surface area contributed by atoms with Crippen LogP contribution >= 0.6 is 0 Å². The Morgan fingerprint density at radius 3 is 2.26 bits per heavy atom. The molecule has 1 saturated heterocycles. The third-order valence-corrected chi connectivity index (χ3v) is 3.51. The highest BCUT2D eigenvalue weighted by molar-refractivity contribution is 5.32. The van der Waals surface area contributed by atoms with Crippen LogP contribution in [0.5, 0.6) is 0 Å². The van der Waals surface area contributed by atoms with E-state index in [1.807, 2.05) is 19.9 Å². The molecule has 2 heterocycles. The number of hydrogen-bond donors (Lipinski definition) is 1. The average molecular weight is 264 g/mol. The first-order valence-corrected chi connectivity index (χ1v) is 7.09. The summed E-state index contributed by atoms with van der Waals surface area (Å²) in [5.74, 6) is 0.868. The molecule has 2 rings (SSSR count). The first kappa shape index (κ1) is 14.2. The number of aromatic nitrogens is 2. The predicted molar refractivity (Wildman–Crippen MR) is 76.5 cm³/mol. The molecule has 0 aliphatic carbocycles. The van der Waals surface area contributed by atoms with Crippen LogP contribution in [0.15, 0.2) is 6.07 Å². The summed E-state index contributed by atoms with van der Waals surface area (Å²) in [5.41, 5.74) is 2.07. The Hall–Kier alpha value is -1.20. The average Bonchev–Trinajstić information content (AvgIpc) is 2.39. The fourth-order valence-electron chi connectivity index (χ4n) is 2.47. The van der Waals surface area contributed by atoms with Crippen molar-refractivity contribution in [2.45, 2.75) is 26.7 Å². The zero-order chi connectivity index (χ0) is 13.7. The molecular weight excluding hydrogens is 240 g/mol. The van der Waals surface area contributed by atoms with E-state index in [0.29, 0.717) is 6.61 Å². The molecule has 1 fully saturated rings. The van der Waals surface area contributed by atoms with E-state index in [-0.39, 0.29) is 0 Å². The Balaban J connectivity index is 1.85. The Labute approximate surface area is 115 Å². The van der Waals surface area contributed by atoms with Crippen LogP contribution in [0, 0.1) is 13.8 Å². The third kappa shape index (κ3) is 4.14. The van der Waals surface area contributed by atoms with E-state index < -0.39 is 0 Å². The molecule has 1 aromatic heterocycles. The smallest absolute Gasteiger partial charge is 0.225 e. The minimum Gasteiger partial charge on any atom is -0.396 e. The van der Waals surface area contributed by atoms with Gasteiger partial charge in [0.1, 0.15) is 0 Å². The van der Waals surface area contributed by atoms with Gasteiger partial charge in [0.05, 0.1) is 0 Å². The van der Waals surface area contributed by atoms with Crippen LogP contribution in [0.3, 0.4) is 0 Å². The summed E-state index contributed by atoms with van der Waals surface area (Å²) in [6.45, 7) is 9.51. The molecule has 1 aromatic rings. The second-order valence-corrected chi connectivity index (χ2v) is 5.21. The molecule has 1 N–H and O–H groups in total. The number of aliphatic hydroxyl groups is 1. The highest BCUT2D eigenvalue weighted by atomic mass is 16.2. The van der Waals surface area contributed by atoms with Gasteiger partial charge < -0.3 is 10.0 Å². The van der Waals surface area contributed by atoms with E-state index >= 15 is 0 Å². The molecule has 19 heavy (non-hydrogen) atoms. The lowest BCUT2D eigenvalue weighted by Crippen LogP contribution is -2.47. The first-order chi connectivity index (χ1) is 9.19. The molecule has 0 unspecified atom stereocenters. The maximum absolute atomic E-state index is 8.80. The molecule has 1 aliphatic heterocycles. The third-order valence-electron chi connectivity index (χ3n) is 3.51. The van der Waals surface area contributed by atoms with Crippen molar-refractivity contribution in [3.8, 4) is 0 Å². The van der Waals surface area contributed by atoms with E-state index in [0.717, 1.165) is 62.9 Å². The quantitative estimate of drug-likeness (QED) is 0.804. The maximum atomic E-state index is 8.80. The summed E-state index contributed by atoms with van der Waals surface area (Å²) in [7, 11) is 0. The normalized spacial score (nSPS) is 16.9. The van der Waals surface area contributed by atoms with Crippen LogP contribution < -0.4 is 4.90 Å². The summed E-state index contributed by atoms with van der Waals surface area (Å²) in [5, 5.41) is 8.80. The van der Waals surface area contributed by atoms with Gasteiger partial charge in [0.15, 0.2) is 0 Å². The van der Waals surface area contributed by atoms with Crippen LogP contribution in [-0.4, -0.2) is 59.3 Å². The fourth-order valence-corrected chi connectivity index (χ4v) is 2.47. The minimum absolute atomic E-state index is 0.302. The first-order valence-electron chi connectivity index (χ1n) is 7.09. The molecular formula is C14H24N4O. The molecule has 0 atom stereocenters. The molecule has 0 radical (unpaired) electrons. The van der Waals surface area contributed by atoms with Gasteiger partial charge in [0.2, 0.25) is 5.95 Å². The standard InChI is InChI=1S/C14H24N4O/c1-12-11-13(2)16-14(15-12)18-8-6-17(7-9-18)5-3-4-10-19/h11,19H,3-10H2,1-2H3. The second kappa shape index (κ2) is 6.82. The van der Waals surface area contributed by atoms with Crippen LogP contribution in [0.1, 0.15) is 24.2 Å². The van der Waals surface area contributed by atoms with Crippen molar-refractivity contribution in [2.75, 3.05) is 44.2 Å². The Morgan fingerprint density at radius 2 is 1.68 bits per heavy atom. The summed E-state index contributed by atoms with van der Waals surface area (Å²) in [6.07, 6.45) is 1.98. The number of nitrogens with zero attached hydrogens (tertiary/aromatic N) is 4. The number of piperazine rings is 1. The summed E-state index contributed by atoms with van der Waals surface area (Å²) in [6, 6.07) is 2.01. The number of hydrogen-bond acceptors (Lipinski definition) is 5. The van der Waals surface area contributed by atoms with Crippen LogP contribution in [0.2, 0.25) is 0 Å². The van der Waals surface area contributed by atoms with Crippen LogP contribution in [0.25, 0.3) is 0 Å². The van der Waals surface area contributed by atoms with Gasteiger partial charge in [-0.1, -0.05) is 0 Å². The molecule has 5 heteroatoms. The molecule has 106 valence electrons. The van der Waals surface area contributed by atoms with Gasteiger partial charge in [0, 0.05) is 44.2 Å². The van der Waals surface area contributed by atoms with E-state index in [2.05, 4.69) is 19.8 Å². The summed E-state index contributed by atoms with van der Waals surface area (Å²) >= 11 is 0. The van der Waals surface area contributed by atoms with E-state index in [4.69, 9.17) is 5.11 Å². The van der Waals surface area contributed by atoms with E-state index in [1.54, 1.807) is 0 Å². The fraction of sp³-hybridized carbons (Fsp3) is 0.714. The van der Waals surface area contributed by atoms with Crippen molar-refractivity contribution in [1.82, 2.24) is 14.9 Å². The van der Waals surface area contributed by atoms with Crippen molar-refractivity contribution >= 4 is 5.95 Å². The largest absolute Gasteiger partial charge is 0.396 e. The van der Waals surface area contributed by atoms with Crippen molar-refractivity contribution < 1.29 is 5.11 Å². The summed E-state index contributed by atoms with van der Waals surface area (Å²) in [4.78, 5) is 13.8. The van der Waals surface area contributed by atoms with Crippen LogP contribution in [0.4, 0.5) is 5.95 Å². The summed E-state index contributed by atoms with van der Waals surface area (Å²) < 4.78 is 0. The van der Waals surface area contributed by atoms with Gasteiger partial charge in [-0.25, -0.2) is 9.97 Å². The zero-order valence-corrected chi connectivity index (χ0v) is 12.0. The van der Waals surface area contributed by atoms with Gasteiger partial charge in [0.25, 0.3) is 0 Å². The van der Waals surface area contributed by atoms with Crippen LogP contribution in [-0.2, 0) is 0 Å². The lowest BCUT2D eigenvalue weighted by atomic mass is 10.2. The lowest BCUT2D eigenvalue weighted by molar-refractivity contribution is 0.232. The molecule has 0 bridgehead atoms. The Kier molecular flexibility index (Phi) is 5.10. The highest BCUT2D eigenvalue weighted by Crippen LogP contribution is 2.13. The second-order valence-electron chi connectivity index (χ2n) is 5.21. The maximum Gasteiger partial charge on any atom is 0.225 e. The molecule has 5 nitrogen and oxygen atoms in total. The number of aryl methyl sites for hydroxylation is 2. The van der Waals surface area contributed by atoms with Gasteiger partial charge >= 0.3 is 0 Å². The van der Waals surface area contributed by atoms with Crippen molar-refractivity contribution in [1.29, 1.82) is 0 Å². The molecule has 0 spiro atoms. The van der Waals surface area contributed by atoms with Crippen molar-refractivity contribution in [3.63, 3.8) is 0 Å². The molecule has 0 aromatic carbocycles. The zero-order valence-electron chi connectivity index (χ0n) is 12.0. The monoisotopic (exact) mass is 264 g/mol.